The molecule has 0 amide bonds. The maximum Gasteiger partial charge on any atom is 0.0991 e. The first kappa shape index (κ1) is 12.1. The number of nitriles is 1. The van der Waals surface area contributed by atoms with Crippen molar-refractivity contribution in [2.45, 2.75) is 6.54 Å². The fraction of sp³-hybridized carbons (Fsp3) is 0.417. The van der Waals surface area contributed by atoms with Gasteiger partial charge in [-0.1, -0.05) is 12.1 Å². The van der Waals surface area contributed by atoms with E-state index in [1.165, 1.54) is 5.56 Å². The number of thioether (sulfide) groups is 1. The minimum atomic E-state index is 0.741. The fourth-order valence-electron chi connectivity index (χ4n) is 1.38. The van der Waals surface area contributed by atoms with Crippen molar-refractivity contribution in [2.75, 3.05) is 25.6 Å². The first-order chi connectivity index (χ1) is 7.26. The van der Waals surface area contributed by atoms with Gasteiger partial charge in [0, 0.05) is 18.8 Å². The van der Waals surface area contributed by atoms with Crippen molar-refractivity contribution in [3.63, 3.8) is 0 Å². The summed E-state index contributed by atoms with van der Waals surface area (Å²) in [7, 11) is 2.11. The van der Waals surface area contributed by atoms with Crippen LogP contribution in [0.2, 0.25) is 0 Å². The van der Waals surface area contributed by atoms with Gasteiger partial charge in [0.15, 0.2) is 0 Å². The number of nitrogens with zero attached hydrogens (tertiary/aromatic N) is 2. The predicted molar refractivity (Wildman–Crippen MR) is 65.9 cm³/mol. The van der Waals surface area contributed by atoms with Gasteiger partial charge in [-0.25, -0.2) is 0 Å². The summed E-state index contributed by atoms with van der Waals surface area (Å²) in [4.78, 5) is 2.27. The highest BCUT2D eigenvalue weighted by Gasteiger charge is 2.00. The third-order valence-corrected chi connectivity index (χ3v) is 2.78. The maximum absolute atomic E-state index is 8.77. The highest BCUT2D eigenvalue weighted by atomic mass is 32.2. The molecule has 0 saturated carbocycles. The number of rotatable bonds is 5. The van der Waals surface area contributed by atoms with Crippen LogP contribution in [-0.2, 0) is 6.54 Å². The van der Waals surface area contributed by atoms with Gasteiger partial charge in [-0.2, -0.15) is 17.0 Å². The lowest BCUT2D eigenvalue weighted by Gasteiger charge is -2.15. The summed E-state index contributed by atoms with van der Waals surface area (Å²) in [6.07, 6.45) is 2.12. The summed E-state index contributed by atoms with van der Waals surface area (Å²) >= 11 is 1.85. The second kappa shape index (κ2) is 6.49. The van der Waals surface area contributed by atoms with Crippen LogP contribution in [0.25, 0.3) is 0 Å². The summed E-state index contributed by atoms with van der Waals surface area (Å²) in [5.74, 6) is 1.15. The zero-order chi connectivity index (χ0) is 11.1. The van der Waals surface area contributed by atoms with Crippen LogP contribution in [0.4, 0.5) is 0 Å². The van der Waals surface area contributed by atoms with Gasteiger partial charge in [-0.05, 0) is 31.0 Å². The molecule has 1 aromatic carbocycles. The standard InChI is InChI=1S/C12H16N2S/c1-14(6-7-15-2)10-12-5-3-4-11(8-12)9-13/h3-5,8H,6-7,10H2,1-2H3. The van der Waals surface area contributed by atoms with Gasteiger partial charge in [-0.3, -0.25) is 0 Å². The third-order valence-electron chi connectivity index (χ3n) is 2.19. The topological polar surface area (TPSA) is 27.0 Å². The molecule has 80 valence electrons. The van der Waals surface area contributed by atoms with Gasteiger partial charge in [0.1, 0.15) is 0 Å². The monoisotopic (exact) mass is 220 g/mol. The Kier molecular flexibility index (Phi) is 5.23. The van der Waals surface area contributed by atoms with Crippen LogP contribution in [0.5, 0.6) is 0 Å². The molecule has 0 unspecified atom stereocenters. The van der Waals surface area contributed by atoms with E-state index in [4.69, 9.17) is 5.26 Å². The molecule has 0 atom stereocenters. The highest BCUT2D eigenvalue weighted by Crippen LogP contribution is 2.07. The molecule has 0 saturated heterocycles. The second-order valence-corrected chi connectivity index (χ2v) is 4.53. The van der Waals surface area contributed by atoms with E-state index in [1.54, 1.807) is 0 Å². The van der Waals surface area contributed by atoms with Gasteiger partial charge in [0.25, 0.3) is 0 Å². The highest BCUT2D eigenvalue weighted by molar-refractivity contribution is 7.98. The zero-order valence-electron chi connectivity index (χ0n) is 9.23. The Labute approximate surface area is 95.9 Å². The SMILES string of the molecule is CSCCN(C)Cc1cccc(C#N)c1. The first-order valence-corrected chi connectivity index (χ1v) is 6.32. The van der Waals surface area contributed by atoms with E-state index >= 15 is 0 Å². The molecule has 0 aliphatic heterocycles. The van der Waals surface area contributed by atoms with Crippen molar-refractivity contribution in [1.82, 2.24) is 4.90 Å². The maximum atomic E-state index is 8.77. The molecule has 3 heteroatoms. The van der Waals surface area contributed by atoms with Crippen molar-refractivity contribution in [3.8, 4) is 6.07 Å². The fourth-order valence-corrected chi connectivity index (χ4v) is 1.87. The molecule has 1 aromatic rings. The lowest BCUT2D eigenvalue weighted by Crippen LogP contribution is -2.20. The van der Waals surface area contributed by atoms with Crippen LogP contribution >= 0.6 is 11.8 Å². The molecule has 0 radical (unpaired) electrons. The van der Waals surface area contributed by atoms with E-state index in [2.05, 4.69) is 30.3 Å². The second-order valence-electron chi connectivity index (χ2n) is 3.54. The summed E-state index contributed by atoms with van der Waals surface area (Å²) in [5, 5.41) is 8.77. The quantitative estimate of drug-likeness (QED) is 0.762. The normalized spacial score (nSPS) is 10.3. The predicted octanol–water partition coefficient (Wildman–Crippen LogP) is 2.35. The Hall–Kier alpha value is -0.980. The minimum Gasteiger partial charge on any atom is -0.301 e. The number of hydrogen-bond acceptors (Lipinski definition) is 3. The van der Waals surface area contributed by atoms with Gasteiger partial charge in [0.2, 0.25) is 0 Å². The molecule has 0 spiro atoms. The van der Waals surface area contributed by atoms with Crippen molar-refractivity contribution in [1.29, 1.82) is 5.26 Å². The Morgan fingerprint density at radius 2 is 2.27 bits per heavy atom. The van der Waals surface area contributed by atoms with Crippen LogP contribution in [0.1, 0.15) is 11.1 Å². The minimum absolute atomic E-state index is 0.741. The van der Waals surface area contributed by atoms with Gasteiger partial charge >= 0.3 is 0 Å². The molecule has 0 fully saturated rings. The van der Waals surface area contributed by atoms with Crippen LogP contribution < -0.4 is 0 Å². The van der Waals surface area contributed by atoms with Crippen molar-refractivity contribution < 1.29 is 0 Å². The Bertz CT molecular complexity index is 344. The van der Waals surface area contributed by atoms with Crippen LogP contribution in [0.3, 0.4) is 0 Å². The Morgan fingerprint density at radius 1 is 1.47 bits per heavy atom. The van der Waals surface area contributed by atoms with E-state index in [1.807, 2.05) is 30.0 Å². The number of hydrogen-bond donors (Lipinski definition) is 0. The van der Waals surface area contributed by atoms with Crippen molar-refractivity contribution >= 4 is 11.8 Å². The molecule has 0 heterocycles. The average Bonchev–Trinajstić information content (AvgIpc) is 2.26. The van der Waals surface area contributed by atoms with Crippen molar-refractivity contribution in [3.05, 3.63) is 35.4 Å². The van der Waals surface area contributed by atoms with Crippen LogP contribution in [0.15, 0.2) is 24.3 Å². The summed E-state index contributed by atoms with van der Waals surface area (Å²) < 4.78 is 0. The summed E-state index contributed by atoms with van der Waals surface area (Å²) in [5.41, 5.74) is 1.95. The Balaban J connectivity index is 2.53. The van der Waals surface area contributed by atoms with E-state index in [0.717, 1.165) is 24.4 Å². The molecule has 0 aliphatic carbocycles. The zero-order valence-corrected chi connectivity index (χ0v) is 10.0. The molecule has 0 N–H and O–H groups in total. The summed E-state index contributed by atoms with van der Waals surface area (Å²) in [6.45, 7) is 1.99. The van der Waals surface area contributed by atoms with Crippen LogP contribution in [-0.4, -0.2) is 30.5 Å². The van der Waals surface area contributed by atoms with E-state index < -0.39 is 0 Å². The van der Waals surface area contributed by atoms with Gasteiger partial charge in [-0.15, -0.1) is 0 Å². The van der Waals surface area contributed by atoms with E-state index in [9.17, 15) is 0 Å². The third kappa shape index (κ3) is 4.37. The lowest BCUT2D eigenvalue weighted by atomic mass is 10.1. The molecule has 2 nitrogen and oxygen atoms in total. The molecule has 0 aromatic heterocycles. The first-order valence-electron chi connectivity index (χ1n) is 4.93. The molecular weight excluding hydrogens is 204 g/mol. The smallest absolute Gasteiger partial charge is 0.0991 e. The molecule has 15 heavy (non-hydrogen) atoms. The molecular formula is C12H16N2S. The Morgan fingerprint density at radius 3 is 2.93 bits per heavy atom. The molecule has 0 aliphatic rings. The summed E-state index contributed by atoms with van der Waals surface area (Å²) in [6, 6.07) is 9.96. The molecule has 1 rings (SSSR count). The van der Waals surface area contributed by atoms with Gasteiger partial charge < -0.3 is 4.90 Å². The number of benzene rings is 1. The van der Waals surface area contributed by atoms with Crippen molar-refractivity contribution in [2.24, 2.45) is 0 Å². The van der Waals surface area contributed by atoms with E-state index in [0.29, 0.717) is 0 Å². The van der Waals surface area contributed by atoms with Crippen LogP contribution in [0, 0.1) is 11.3 Å². The van der Waals surface area contributed by atoms with E-state index in [-0.39, 0.29) is 0 Å². The van der Waals surface area contributed by atoms with Gasteiger partial charge in [0.05, 0.1) is 11.6 Å². The average molecular weight is 220 g/mol. The molecule has 0 bridgehead atoms. The lowest BCUT2D eigenvalue weighted by molar-refractivity contribution is 0.349. The largest absolute Gasteiger partial charge is 0.301 e.